The number of benzene rings is 2. The molecule has 2 heterocycles. The minimum atomic E-state index is -0.414. The fraction of sp³-hybridized carbons (Fsp3) is 0.531. The van der Waals surface area contributed by atoms with Gasteiger partial charge in [-0.1, -0.05) is 0 Å². The number of carbonyl (C=O) groups is 3. The Morgan fingerprint density at radius 3 is 2.17 bits per heavy atom. The van der Waals surface area contributed by atoms with Crippen LogP contribution >= 0.6 is 0 Å². The summed E-state index contributed by atoms with van der Waals surface area (Å²) in [6.07, 6.45) is 4.81. The Hall–Kier alpha value is -3.43. The van der Waals surface area contributed by atoms with Gasteiger partial charge in [0.25, 0.3) is 0 Å². The van der Waals surface area contributed by atoms with Crippen molar-refractivity contribution in [2.75, 3.05) is 82.5 Å². The third kappa shape index (κ3) is 8.07. The molecule has 0 spiro atoms. The molecule has 2 aromatic rings. The van der Waals surface area contributed by atoms with Crippen LogP contribution in [0.2, 0.25) is 0 Å². The van der Waals surface area contributed by atoms with E-state index in [1.807, 2.05) is 36.2 Å². The molecule has 9 heteroatoms. The molecule has 2 fully saturated rings. The minimum Gasteiger partial charge on any atom is -0.399 e. The predicted molar refractivity (Wildman–Crippen MR) is 166 cm³/mol. The quantitative estimate of drug-likeness (QED) is 0.312. The van der Waals surface area contributed by atoms with Crippen molar-refractivity contribution in [2.45, 2.75) is 38.3 Å². The Morgan fingerprint density at radius 2 is 1.56 bits per heavy atom. The van der Waals surface area contributed by atoms with Crippen molar-refractivity contribution >= 4 is 35.5 Å². The van der Waals surface area contributed by atoms with E-state index in [0.717, 1.165) is 88.2 Å². The summed E-state index contributed by atoms with van der Waals surface area (Å²) in [5.74, 6) is 0.650. The van der Waals surface area contributed by atoms with Crippen LogP contribution in [-0.2, 0) is 16.1 Å². The van der Waals surface area contributed by atoms with Crippen LogP contribution < -0.4 is 15.5 Å². The highest BCUT2D eigenvalue weighted by atomic mass is 16.2. The highest BCUT2D eigenvalue weighted by Gasteiger charge is 2.27. The Labute approximate surface area is 244 Å². The molecule has 1 unspecified atom stereocenters. The predicted octanol–water partition coefficient (Wildman–Crippen LogP) is 2.99. The Balaban J connectivity index is 1.31. The summed E-state index contributed by atoms with van der Waals surface area (Å²) in [6, 6.07) is 13.8. The van der Waals surface area contributed by atoms with E-state index < -0.39 is 6.04 Å². The van der Waals surface area contributed by atoms with Crippen molar-refractivity contribution in [3.05, 3.63) is 53.6 Å². The van der Waals surface area contributed by atoms with E-state index in [1.165, 1.54) is 5.69 Å². The number of hydrogen-bond acceptors (Lipinski definition) is 8. The summed E-state index contributed by atoms with van der Waals surface area (Å²) in [5.41, 5.74) is 10.6. The van der Waals surface area contributed by atoms with Crippen LogP contribution in [-0.4, -0.2) is 106 Å². The molecule has 0 aliphatic carbocycles. The molecule has 2 N–H and O–H groups in total. The van der Waals surface area contributed by atoms with Crippen LogP contribution in [0.5, 0.6) is 0 Å². The SMILES string of the molecule is CN(C)C(=O)C(CCC=O)N(C)Cc1cc(N2CCC(CN3CCN(c4ccc(N)cc4)CC3)CC2)ccc1C=O. The summed E-state index contributed by atoms with van der Waals surface area (Å²) >= 11 is 0. The monoisotopic (exact) mass is 562 g/mol. The molecule has 0 saturated carbocycles. The highest BCUT2D eigenvalue weighted by molar-refractivity contribution is 5.82. The molecule has 41 heavy (non-hydrogen) atoms. The number of amides is 1. The van der Waals surface area contributed by atoms with Gasteiger partial charge < -0.3 is 25.2 Å². The van der Waals surface area contributed by atoms with Crippen LogP contribution in [0.15, 0.2) is 42.5 Å². The average Bonchev–Trinajstić information content (AvgIpc) is 2.98. The highest BCUT2D eigenvalue weighted by Crippen LogP contribution is 2.27. The number of piperidine rings is 1. The third-order valence-corrected chi connectivity index (χ3v) is 8.62. The van der Waals surface area contributed by atoms with Crippen molar-refractivity contribution in [1.82, 2.24) is 14.7 Å². The summed E-state index contributed by atoms with van der Waals surface area (Å²) in [4.78, 5) is 46.7. The van der Waals surface area contributed by atoms with E-state index in [-0.39, 0.29) is 5.91 Å². The minimum absolute atomic E-state index is 0.0353. The van der Waals surface area contributed by atoms with Gasteiger partial charge in [0.2, 0.25) is 5.91 Å². The van der Waals surface area contributed by atoms with Gasteiger partial charge >= 0.3 is 0 Å². The average molecular weight is 563 g/mol. The molecule has 0 bridgehead atoms. The number of nitrogens with zero attached hydrogens (tertiary/aromatic N) is 5. The van der Waals surface area contributed by atoms with Crippen LogP contribution in [0.3, 0.4) is 0 Å². The fourth-order valence-corrected chi connectivity index (χ4v) is 6.09. The van der Waals surface area contributed by atoms with Crippen LogP contribution in [0.25, 0.3) is 0 Å². The smallest absolute Gasteiger partial charge is 0.239 e. The number of nitrogen functional groups attached to an aromatic ring is 1. The molecule has 1 atom stereocenters. The molecule has 2 aliphatic heterocycles. The second-order valence-electron chi connectivity index (χ2n) is 11.7. The molecule has 1 amide bonds. The number of nitrogens with two attached hydrogens (primary N) is 1. The molecule has 4 rings (SSSR count). The lowest BCUT2D eigenvalue weighted by Crippen LogP contribution is -2.49. The number of rotatable bonds is 12. The first kappa shape index (κ1) is 30.5. The van der Waals surface area contributed by atoms with Gasteiger partial charge in [-0.25, -0.2) is 0 Å². The van der Waals surface area contributed by atoms with Gasteiger partial charge in [-0.2, -0.15) is 0 Å². The zero-order valence-corrected chi connectivity index (χ0v) is 24.9. The lowest BCUT2D eigenvalue weighted by Gasteiger charge is -2.40. The van der Waals surface area contributed by atoms with E-state index in [2.05, 4.69) is 32.9 Å². The van der Waals surface area contributed by atoms with Gasteiger partial charge in [0.1, 0.15) is 12.6 Å². The maximum atomic E-state index is 12.8. The second kappa shape index (κ2) is 14.5. The summed E-state index contributed by atoms with van der Waals surface area (Å²) in [6.45, 7) is 7.84. The molecular formula is C32H46N6O3. The molecular weight excluding hydrogens is 516 g/mol. The standard InChI is InChI=1S/C32H46N6O3/c1-34(2)32(41)31(5-4-20-39)35(3)23-27-21-30(9-6-26(27)24-40)37-14-12-25(13-15-37)22-36-16-18-38(19-17-36)29-10-7-28(33)8-11-29/h6-11,20-21,24-25,31H,4-5,12-19,22-23,33H2,1-3H3. The lowest BCUT2D eigenvalue weighted by atomic mass is 9.95. The van der Waals surface area contributed by atoms with Crippen molar-refractivity contribution < 1.29 is 14.4 Å². The maximum absolute atomic E-state index is 12.8. The van der Waals surface area contributed by atoms with Crippen LogP contribution in [0.4, 0.5) is 17.1 Å². The topological polar surface area (TPSA) is 93.4 Å². The van der Waals surface area contributed by atoms with E-state index in [4.69, 9.17) is 5.73 Å². The van der Waals surface area contributed by atoms with Crippen molar-refractivity contribution in [2.24, 2.45) is 5.92 Å². The van der Waals surface area contributed by atoms with Crippen molar-refractivity contribution in [1.29, 1.82) is 0 Å². The van der Waals surface area contributed by atoms with Gasteiger partial charge in [-0.15, -0.1) is 0 Å². The zero-order chi connectivity index (χ0) is 29.4. The van der Waals surface area contributed by atoms with E-state index in [9.17, 15) is 14.4 Å². The van der Waals surface area contributed by atoms with Crippen LogP contribution in [0.1, 0.15) is 41.6 Å². The molecule has 2 aromatic carbocycles. The Morgan fingerprint density at radius 1 is 0.927 bits per heavy atom. The molecule has 0 radical (unpaired) electrons. The zero-order valence-electron chi connectivity index (χ0n) is 24.9. The lowest BCUT2D eigenvalue weighted by molar-refractivity contribution is -0.134. The number of piperazine rings is 1. The maximum Gasteiger partial charge on any atom is 0.239 e. The van der Waals surface area contributed by atoms with Crippen molar-refractivity contribution in [3.8, 4) is 0 Å². The summed E-state index contributed by atoms with van der Waals surface area (Å²) in [7, 11) is 5.35. The number of aldehydes is 2. The number of anilines is 3. The normalized spacial score (nSPS) is 17.5. The second-order valence-corrected chi connectivity index (χ2v) is 11.7. The molecule has 222 valence electrons. The van der Waals surface area contributed by atoms with Crippen LogP contribution in [0, 0.1) is 5.92 Å². The first-order chi connectivity index (χ1) is 19.8. The number of likely N-dealkylation sites (N-methyl/N-ethyl adjacent to an activating group) is 2. The first-order valence-corrected chi connectivity index (χ1v) is 14.8. The van der Waals surface area contributed by atoms with Gasteiger partial charge in [-0.3, -0.25) is 19.4 Å². The van der Waals surface area contributed by atoms with E-state index in [1.54, 1.807) is 19.0 Å². The Bertz CT molecular complexity index is 1150. The number of hydrogen-bond donors (Lipinski definition) is 1. The van der Waals surface area contributed by atoms with Gasteiger partial charge in [0, 0.05) is 95.5 Å². The van der Waals surface area contributed by atoms with Gasteiger partial charge in [0.05, 0.1) is 6.04 Å². The largest absolute Gasteiger partial charge is 0.399 e. The molecule has 2 saturated heterocycles. The van der Waals surface area contributed by atoms with Crippen molar-refractivity contribution in [3.63, 3.8) is 0 Å². The summed E-state index contributed by atoms with van der Waals surface area (Å²) < 4.78 is 0. The van der Waals surface area contributed by atoms with Gasteiger partial charge in [-0.05, 0) is 80.3 Å². The molecule has 0 aromatic heterocycles. The number of carbonyl (C=O) groups excluding carboxylic acids is 3. The molecule has 9 nitrogen and oxygen atoms in total. The summed E-state index contributed by atoms with van der Waals surface area (Å²) in [5, 5.41) is 0. The molecule has 2 aliphatic rings. The van der Waals surface area contributed by atoms with E-state index in [0.29, 0.717) is 30.9 Å². The Kier molecular flexibility index (Phi) is 10.8. The third-order valence-electron chi connectivity index (χ3n) is 8.62. The van der Waals surface area contributed by atoms with Gasteiger partial charge in [0.15, 0.2) is 0 Å². The van der Waals surface area contributed by atoms with E-state index >= 15 is 0 Å². The fourth-order valence-electron chi connectivity index (χ4n) is 6.09. The first-order valence-electron chi connectivity index (χ1n) is 14.8.